The monoisotopic (exact) mass is 929 g/mol. The van der Waals surface area contributed by atoms with Crippen LogP contribution in [0, 0.1) is 0 Å². The summed E-state index contributed by atoms with van der Waals surface area (Å²) >= 11 is 0. The number of rotatable bonds is 15. The van der Waals surface area contributed by atoms with E-state index in [4.69, 9.17) is 20.9 Å². The number of nitrogens with zero attached hydrogens (tertiary/aromatic N) is 1. The second kappa shape index (κ2) is 25.0. The number of unbranched alkanes of at least 4 members (excludes halogenated alkanes) is 1. The summed E-state index contributed by atoms with van der Waals surface area (Å²) in [5.41, 5.74) is 14.7. The summed E-state index contributed by atoms with van der Waals surface area (Å²) < 4.78 is 11.7. The van der Waals surface area contributed by atoms with Gasteiger partial charge in [-0.2, -0.15) is 0 Å². The van der Waals surface area contributed by atoms with Gasteiger partial charge in [0.1, 0.15) is 48.7 Å². The summed E-state index contributed by atoms with van der Waals surface area (Å²) in [6.45, 7) is 6.71. The third kappa shape index (κ3) is 14.4. The highest BCUT2D eigenvalue weighted by molar-refractivity contribution is 5.97. The number of carbonyl (C=O) groups excluding carboxylic acids is 6. The Kier molecular flexibility index (Phi) is 18.5. The molecule has 4 aromatic carbocycles. The highest BCUT2D eigenvalue weighted by Crippen LogP contribution is 2.25. The maximum absolute atomic E-state index is 15.1. The maximum atomic E-state index is 15.1. The van der Waals surface area contributed by atoms with Gasteiger partial charge in [0, 0.05) is 38.0 Å². The molecule has 17 heteroatoms. The van der Waals surface area contributed by atoms with Gasteiger partial charge in [-0.05, 0) is 67.1 Å². The van der Waals surface area contributed by atoms with Gasteiger partial charge in [0.2, 0.25) is 29.5 Å². The lowest BCUT2D eigenvalue weighted by atomic mass is 10.00. The van der Waals surface area contributed by atoms with Crippen LogP contribution in [0.25, 0.3) is 0 Å². The summed E-state index contributed by atoms with van der Waals surface area (Å²) in [5, 5.41) is 17.4. The molecule has 6 rings (SSSR count). The molecule has 2 heterocycles. The van der Waals surface area contributed by atoms with Crippen molar-refractivity contribution in [2.24, 2.45) is 11.5 Å². The lowest BCUT2D eigenvalue weighted by Crippen LogP contribution is -2.59. The fraction of sp³-hybridized carbons (Fsp3) is 0.373. The molecular weight excluding hydrogens is 867 g/mol. The minimum Gasteiger partial charge on any atom is -0.489 e. The molecule has 6 unspecified atom stereocenters. The van der Waals surface area contributed by atoms with E-state index in [1.807, 2.05) is 84.9 Å². The second-order valence-corrected chi connectivity index (χ2v) is 17.0. The molecule has 2 aliphatic rings. The van der Waals surface area contributed by atoms with Crippen molar-refractivity contribution in [1.82, 2.24) is 36.8 Å². The van der Waals surface area contributed by atoms with Gasteiger partial charge >= 0.3 is 6.09 Å². The number of alkyl carbamates (subject to hydrolysis) is 1. The predicted octanol–water partition coefficient (Wildman–Crippen LogP) is 2.65. The SMILES string of the molecule is C=C1NC(Cc2ccc(OCc3ccccc3)cc2)C(=O)NC(Cc2ccccc2)C(=O)N2C[C@H](OC(=O)NCCN)CC2C(=O)NC(c2ccccc2)C(=O)NC(C)C(=O)NC1CCCCN. The van der Waals surface area contributed by atoms with Gasteiger partial charge in [-0.15, -0.1) is 0 Å². The number of carbonyl (C=O) groups is 6. The number of nitrogens with one attached hydrogen (secondary N) is 6. The zero-order chi connectivity index (χ0) is 48.4. The maximum Gasteiger partial charge on any atom is 0.407 e. The van der Waals surface area contributed by atoms with Crippen molar-refractivity contribution in [3.63, 3.8) is 0 Å². The molecule has 68 heavy (non-hydrogen) atoms. The van der Waals surface area contributed by atoms with Crippen LogP contribution in [0.1, 0.15) is 60.9 Å². The van der Waals surface area contributed by atoms with E-state index in [9.17, 15) is 24.0 Å². The first-order chi connectivity index (χ1) is 32.9. The molecule has 0 saturated carbocycles. The molecular formula is C51H63N9O8. The molecule has 0 aliphatic carbocycles. The van der Waals surface area contributed by atoms with E-state index in [2.05, 4.69) is 38.5 Å². The molecule has 2 fully saturated rings. The lowest BCUT2D eigenvalue weighted by Gasteiger charge is -2.32. The van der Waals surface area contributed by atoms with Gasteiger partial charge in [-0.25, -0.2) is 4.79 Å². The third-order valence-electron chi connectivity index (χ3n) is 11.8. The van der Waals surface area contributed by atoms with Crippen molar-refractivity contribution in [2.45, 2.75) is 94.4 Å². The predicted molar refractivity (Wildman–Crippen MR) is 256 cm³/mol. The van der Waals surface area contributed by atoms with Crippen molar-refractivity contribution in [3.05, 3.63) is 150 Å². The molecule has 17 nitrogen and oxygen atoms in total. The van der Waals surface area contributed by atoms with Crippen LogP contribution in [0.3, 0.4) is 0 Å². The highest BCUT2D eigenvalue weighted by Gasteiger charge is 2.45. The number of benzene rings is 4. The average Bonchev–Trinajstić information content (AvgIpc) is 3.77. The van der Waals surface area contributed by atoms with Gasteiger partial charge in [-0.1, -0.05) is 110 Å². The van der Waals surface area contributed by atoms with Crippen molar-refractivity contribution >= 4 is 35.6 Å². The molecule has 0 bridgehead atoms. The van der Waals surface area contributed by atoms with Crippen LogP contribution in [-0.4, -0.2) is 103 Å². The minimum atomic E-state index is -1.30. The summed E-state index contributed by atoms with van der Waals surface area (Å²) in [6.07, 6.45) is -0.0419. The third-order valence-corrected chi connectivity index (χ3v) is 11.8. The Hall–Kier alpha value is -7.24. The van der Waals surface area contributed by atoms with Gasteiger partial charge in [0.05, 0.1) is 12.6 Å². The fourth-order valence-electron chi connectivity index (χ4n) is 8.17. The summed E-state index contributed by atoms with van der Waals surface area (Å²) in [5.74, 6) is -2.48. The zero-order valence-electron chi connectivity index (χ0n) is 38.4. The van der Waals surface area contributed by atoms with E-state index in [1.165, 1.54) is 11.8 Å². The zero-order valence-corrected chi connectivity index (χ0v) is 38.4. The Morgan fingerprint density at radius 2 is 1.29 bits per heavy atom. The van der Waals surface area contributed by atoms with Crippen LogP contribution in [-0.2, 0) is 48.2 Å². The van der Waals surface area contributed by atoms with E-state index in [-0.39, 0.29) is 38.9 Å². The number of fused-ring (bicyclic) bond motifs is 1. The average molecular weight is 930 g/mol. The van der Waals surface area contributed by atoms with Gasteiger partial charge in [-0.3, -0.25) is 24.0 Å². The van der Waals surface area contributed by atoms with Crippen LogP contribution in [0.4, 0.5) is 4.79 Å². The molecule has 7 atom stereocenters. The van der Waals surface area contributed by atoms with Crippen LogP contribution in [0.5, 0.6) is 5.75 Å². The van der Waals surface area contributed by atoms with Crippen LogP contribution >= 0.6 is 0 Å². The second-order valence-electron chi connectivity index (χ2n) is 17.0. The van der Waals surface area contributed by atoms with Crippen LogP contribution in [0.2, 0.25) is 0 Å². The number of ether oxygens (including phenoxy) is 2. The van der Waals surface area contributed by atoms with Crippen LogP contribution in [0.15, 0.2) is 128 Å². The van der Waals surface area contributed by atoms with E-state index in [0.29, 0.717) is 49.4 Å². The minimum absolute atomic E-state index is 0.0323. The molecule has 10 N–H and O–H groups in total. The number of nitrogens with two attached hydrogens (primary N) is 2. The van der Waals surface area contributed by atoms with Crippen LogP contribution < -0.4 is 48.1 Å². The quantitative estimate of drug-likeness (QED) is 0.0806. The van der Waals surface area contributed by atoms with E-state index in [1.54, 1.807) is 30.3 Å². The standard InChI is InChI=1S/C51H63N9O8/c1-33-41(20-12-13-25-52)57-46(61)34(2)56-49(64)45(38-18-10-5-11-19-38)59-48(63)44-30-40(68-51(66)54-27-26-53)31-60(44)50(65)43(29-35-14-6-3-7-15-35)58-47(62)42(55-33)28-36-21-23-39(24-22-36)67-32-37-16-8-4-9-17-37/h3-11,14-19,21-24,34,40-45,55H,1,12-13,20,25-32,52-53H2,2H3,(H,54,66)(H,56,64)(H,57,61)(H,58,62)(H,59,63)/t34?,40-,41?,42?,43?,44?,45?/m1/s1. The largest absolute Gasteiger partial charge is 0.489 e. The molecule has 360 valence electrons. The Balaban J connectivity index is 1.38. The lowest BCUT2D eigenvalue weighted by molar-refractivity contribution is -0.142. The summed E-state index contributed by atoms with van der Waals surface area (Å²) in [6, 6.07) is 28.0. The molecule has 2 saturated heterocycles. The molecule has 0 spiro atoms. The summed E-state index contributed by atoms with van der Waals surface area (Å²) in [7, 11) is 0. The molecule has 0 radical (unpaired) electrons. The highest BCUT2D eigenvalue weighted by atomic mass is 16.6. The van der Waals surface area contributed by atoms with E-state index < -0.39 is 78.0 Å². The Morgan fingerprint density at radius 3 is 1.96 bits per heavy atom. The molecule has 2 aliphatic heterocycles. The number of hydrogen-bond acceptors (Lipinski definition) is 11. The number of amides is 6. The Labute approximate surface area is 397 Å². The first kappa shape index (κ1) is 50.2. The molecule has 6 amide bonds. The Bertz CT molecular complexity index is 2320. The van der Waals surface area contributed by atoms with Gasteiger partial charge in [0.25, 0.3) is 0 Å². The van der Waals surface area contributed by atoms with Crippen molar-refractivity contribution in [1.29, 1.82) is 0 Å². The topological polar surface area (TPSA) is 248 Å². The van der Waals surface area contributed by atoms with E-state index >= 15 is 4.79 Å². The first-order valence-electron chi connectivity index (χ1n) is 23.1. The molecule has 4 aromatic rings. The van der Waals surface area contributed by atoms with Crippen molar-refractivity contribution in [3.8, 4) is 5.75 Å². The Morgan fingerprint density at radius 1 is 0.676 bits per heavy atom. The first-order valence-corrected chi connectivity index (χ1v) is 23.1. The van der Waals surface area contributed by atoms with Gasteiger partial charge in [0.15, 0.2) is 0 Å². The van der Waals surface area contributed by atoms with Crippen molar-refractivity contribution < 1.29 is 38.2 Å². The van der Waals surface area contributed by atoms with Crippen molar-refractivity contribution in [2.75, 3.05) is 26.2 Å². The summed E-state index contributed by atoms with van der Waals surface area (Å²) in [4.78, 5) is 86.8. The smallest absolute Gasteiger partial charge is 0.407 e. The fourth-order valence-corrected chi connectivity index (χ4v) is 8.17. The molecule has 0 aromatic heterocycles. The van der Waals surface area contributed by atoms with E-state index in [0.717, 1.165) is 16.7 Å². The normalized spacial score (nSPS) is 22.8. The van der Waals surface area contributed by atoms with Gasteiger partial charge < -0.3 is 57.7 Å². The number of hydrogen-bond donors (Lipinski definition) is 8.